The van der Waals surface area contributed by atoms with Crippen molar-refractivity contribution in [3.05, 3.63) is 17.8 Å². The van der Waals surface area contributed by atoms with Crippen molar-refractivity contribution in [1.29, 1.82) is 0 Å². The summed E-state index contributed by atoms with van der Waals surface area (Å²) in [5, 5.41) is 5.95. The smallest absolute Gasteiger partial charge is 0.240 e. The van der Waals surface area contributed by atoms with Crippen molar-refractivity contribution < 1.29 is 13.9 Å². The molecule has 6 nitrogen and oxygen atoms in total. The quantitative estimate of drug-likeness (QED) is 0.835. The Morgan fingerprint density at radius 2 is 2.44 bits per heavy atom. The molecular formula is C11H18ClN3O3. The van der Waals surface area contributed by atoms with Gasteiger partial charge in [-0.25, -0.2) is 4.98 Å². The number of rotatable bonds is 3. The Morgan fingerprint density at radius 1 is 1.67 bits per heavy atom. The lowest BCUT2D eigenvalue weighted by atomic mass is 10.1. The number of hydrogen-bond donors (Lipinski definition) is 2. The first-order valence-corrected chi connectivity index (χ1v) is 5.70. The molecule has 0 unspecified atom stereocenters. The van der Waals surface area contributed by atoms with E-state index < -0.39 is 0 Å². The molecule has 0 saturated carbocycles. The Kier molecular flexibility index (Phi) is 5.58. The molecule has 102 valence electrons. The molecule has 0 aromatic carbocycles. The fraction of sp³-hybridized carbons (Fsp3) is 0.636. The van der Waals surface area contributed by atoms with Crippen LogP contribution >= 0.6 is 12.4 Å². The molecule has 1 saturated heterocycles. The molecule has 1 aromatic rings. The van der Waals surface area contributed by atoms with Crippen molar-refractivity contribution >= 4 is 18.3 Å². The molecule has 1 aromatic heterocycles. The summed E-state index contributed by atoms with van der Waals surface area (Å²) < 4.78 is 10.5. The minimum absolute atomic E-state index is 0. The van der Waals surface area contributed by atoms with Gasteiger partial charge in [-0.3, -0.25) is 4.79 Å². The van der Waals surface area contributed by atoms with E-state index in [0.717, 1.165) is 11.5 Å². The highest BCUT2D eigenvalue weighted by Gasteiger charge is 2.28. The van der Waals surface area contributed by atoms with Crippen LogP contribution in [0, 0.1) is 6.92 Å². The molecule has 0 radical (unpaired) electrons. The van der Waals surface area contributed by atoms with E-state index >= 15 is 0 Å². The molecule has 1 fully saturated rings. The summed E-state index contributed by atoms with van der Waals surface area (Å²) in [4.78, 5) is 15.9. The van der Waals surface area contributed by atoms with Crippen LogP contribution in [-0.4, -0.2) is 36.2 Å². The largest absolute Gasteiger partial charge is 0.448 e. The molecule has 0 bridgehead atoms. The summed E-state index contributed by atoms with van der Waals surface area (Å²) in [6.45, 7) is 5.43. The van der Waals surface area contributed by atoms with Crippen molar-refractivity contribution in [1.82, 2.24) is 15.6 Å². The molecule has 2 rings (SSSR count). The molecule has 2 heterocycles. The van der Waals surface area contributed by atoms with Gasteiger partial charge in [0.15, 0.2) is 6.39 Å². The van der Waals surface area contributed by atoms with E-state index in [1.54, 1.807) is 0 Å². The number of halogens is 1. The molecule has 1 aliphatic rings. The lowest BCUT2D eigenvalue weighted by Gasteiger charge is -2.29. The number of ether oxygens (including phenoxy) is 1. The SMILES string of the molecule is Cc1ocnc1CNC(=O)[C@H]1NCCO[C@@H]1C.Cl. The van der Waals surface area contributed by atoms with Crippen LogP contribution in [0.1, 0.15) is 18.4 Å². The predicted octanol–water partition coefficient (Wildman–Crippen LogP) is 0.398. The van der Waals surface area contributed by atoms with Crippen LogP contribution in [0.3, 0.4) is 0 Å². The van der Waals surface area contributed by atoms with E-state index in [4.69, 9.17) is 9.15 Å². The maximum Gasteiger partial charge on any atom is 0.240 e. The van der Waals surface area contributed by atoms with E-state index in [9.17, 15) is 4.79 Å². The van der Waals surface area contributed by atoms with Crippen molar-refractivity contribution in [2.45, 2.75) is 32.5 Å². The van der Waals surface area contributed by atoms with Gasteiger partial charge < -0.3 is 19.8 Å². The van der Waals surface area contributed by atoms with E-state index in [-0.39, 0.29) is 30.5 Å². The van der Waals surface area contributed by atoms with E-state index in [1.807, 2.05) is 13.8 Å². The highest BCUT2D eigenvalue weighted by atomic mass is 35.5. The summed E-state index contributed by atoms with van der Waals surface area (Å²) in [5.74, 6) is 0.658. The van der Waals surface area contributed by atoms with E-state index in [0.29, 0.717) is 19.7 Å². The van der Waals surface area contributed by atoms with Crippen molar-refractivity contribution in [2.75, 3.05) is 13.2 Å². The molecule has 0 aliphatic carbocycles. The topological polar surface area (TPSA) is 76.4 Å². The second-order valence-corrected chi connectivity index (χ2v) is 4.08. The molecule has 0 spiro atoms. The van der Waals surface area contributed by atoms with Crippen LogP contribution in [-0.2, 0) is 16.1 Å². The first kappa shape index (κ1) is 14.9. The van der Waals surface area contributed by atoms with Gasteiger partial charge in [0.1, 0.15) is 17.5 Å². The fourth-order valence-corrected chi connectivity index (χ4v) is 1.81. The van der Waals surface area contributed by atoms with Gasteiger partial charge in [-0.15, -0.1) is 12.4 Å². The molecular weight excluding hydrogens is 258 g/mol. The number of carbonyl (C=O) groups is 1. The van der Waals surface area contributed by atoms with Crippen LogP contribution in [0.15, 0.2) is 10.8 Å². The van der Waals surface area contributed by atoms with Crippen molar-refractivity contribution in [3.8, 4) is 0 Å². The number of nitrogens with one attached hydrogen (secondary N) is 2. The minimum atomic E-state index is -0.295. The minimum Gasteiger partial charge on any atom is -0.448 e. The summed E-state index contributed by atoms with van der Waals surface area (Å²) in [6, 6.07) is -0.295. The maximum absolute atomic E-state index is 11.9. The summed E-state index contributed by atoms with van der Waals surface area (Å²) in [7, 11) is 0. The third kappa shape index (κ3) is 3.44. The van der Waals surface area contributed by atoms with E-state index in [2.05, 4.69) is 15.6 Å². The Bertz CT molecular complexity index is 397. The normalized spacial score (nSPS) is 23.2. The van der Waals surface area contributed by atoms with E-state index in [1.165, 1.54) is 6.39 Å². The number of morpholine rings is 1. The zero-order valence-corrected chi connectivity index (χ0v) is 11.3. The molecule has 1 aliphatic heterocycles. The van der Waals surface area contributed by atoms with Gasteiger partial charge in [-0.2, -0.15) is 0 Å². The Morgan fingerprint density at radius 3 is 3.06 bits per heavy atom. The standard InChI is InChI=1S/C11H17N3O3.ClH/c1-7-9(14-6-17-7)5-13-11(15)10-8(2)16-4-3-12-10;/h6,8,10,12H,3-5H2,1-2H3,(H,13,15);1H/t8-,10+;/m1./s1. The van der Waals surface area contributed by atoms with Gasteiger partial charge >= 0.3 is 0 Å². The number of aryl methyl sites for hydroxylation is 1. The van der Waals surface area contributed by atoms with Gasteiger partial charge in [0.2, 0.25) is 5.91 Å². The second kappa shape index (κ2) is 6.72. The number of nitrogens with zero attached hydrogens (tertiary/aromatic N) is 1. The van der Waals surface area contributed by atoms with Crippen LogP contribution in [0.25, 0.3) is 0 Å². The summed E-state index contributed by atoms with van der Waals surface area (Å²) in [5.41, 5.74) is 0.753. The second-order valence-electron chi connectivity index (χ2n) is 4.08. The summed E-state index contributed by atoms with van der Waals surface area (Å²) in [6.07, 6.45) is 1.27. The van der Waals surface area contributed by atoms with Crippen LogP contribution in [0.5, 0.6) is 0 Å². The first-order chi connectivity index (χ1) is 8.18. The maximum atomic E-state index is 11.9. The Balaban J connectivity index is 0.00000162. The number of carbonyl (C=O) groups excluding carboxylic acids is 1. The number of hydrogen-bond acceptors (Lipinski definition) is 5. The molecule has 7 heteroatoms. The Hall–Kier alpha value is -1.11. The van der Waals surface area contributed by atoms with Gasteiger partial charge in [-0.1, -0.05) is 0 Å². The summed E-state index contributed by atoms with van der Waals surface area (Å²) >= 11 is 0. The molecule has 2 N–H and O–H groups in total. The molecule has 1 amide bonds. The van der Waals surface area contributed by atoms with Gasteiger partial charge in [0, 0.05) is 6.54 Å². The Labute approximate surface area is 112 Å². The highest BCUT2D eigenvalue weighted by Crippen LogP contribution is 2.06. The van der Waals surface area contributed by atoms with Gasteiger partial charge in [-0.05, 0) is 13.8 Å². The lowest BCUT2D eigenvalue weighted by Crippen LogP contribution is -2.55. The molecule has 2 atom stereocenters. The van der Waals surface area contributed by atoms with Crippen LogP contribution in [0.2, 0.25) is 0 Å². The average Bonchev–Trinajstić information content (AvgIpc) is 2.72. The number of oxazole rings is 1. The molecule has 18 heavy (non-hydrogen) atoms. The van der Waals surface area contributed by atoms with Crippen LogP contribution in [0.4, 0.5) is 0 Å². The fourth-order valence-electron chi connectivity index (χ4n) is 1.81. The number of amides is 1. The zero-order valence-electron chi connectivity index (χ0n) is 10.4. The third-order valence-electron chi connectivity index (χ3n) is 2.87. The van der Waals surface area contributed by atoms with Crippen molar-refractivity contribution in [3.63, 3.8) is 0 Å². The first-order valence-electron chi connectivity index (χ1n) is 5.70. The lowest BCUT2D eigenvalue weighted by molar-refractivity contribution is -0.129. The zero-order chi connectivity index (χ0) is 12.3. The van der Waals surface area contributed by atoms with Gasteiger partial charge in [0.05, 0.1) is 19.3 Å². The highest BCUT2D eigenvalue weighted by molar-refractivity contribution is 5.85. The van der Waals surface area contributed by atoms with Crippen LogP contribution < -0.4 is 10.6 Å². The average molecular weight is 276 g/mol. The monoisotopic (exact) mass is 275 g/mol. The number of aromatic nitrogens is 1. The van der Waals surface area contributed by atoms with Crippen molar-refractivity contribution in [2.24, 2.45) is 0 Å². The predicted molar refractivity (Wildman–Crippen MR) is 67.5 cm³/mol. The third-order valence-corrected chi connectivity index (χ3v) is 2.87. The van der Waals surface area contributed by atoms with Gasteiger partial charge in [0.25, 0.3) is 0 Å².